The predicted molar refractivity (Wildman–Crippen MR) is 120 cm³/mol. The van der Waals surface area contributed by atoms with Crippen LogP contribution in [0, 0.1) is 0 Å². The molecule has 0 bridgehead atoms. The lowest BCUT2D eigenvalue weighted by Crippen LogP contribution is -2.66. The summed E-state index contributed by atoms with van der Waals surface area (Å²) in [6.45, 7) is 1.73. The van der Waals surface area contributed by atoms with Gasteiger partial charge in [0.2, 0.25) is 0 Å². The number of hydrogen-bond donors (Lipinski definition) is 5. The van der Waals surface area contributed by atoms with Gasteiger partial charge in [-0.1, -0.05) is 71.1 Å². The van der Waals surface area contributed by atoms with Crippen LogP contribution in [0.2, 0.25) is 0 Å². The summed E-state index contributed by atoms with van der Waals surface area (Å²) in [5.74, 6) is -0.279. The number of unbranched alkanes of at least 4 members (excludes halogenated alkanes) is 10. The van der Waals surface area contributed by atoms with Gasteiger partial charge in [-0.25, -0.2) is 4.79 Å². The maximum Gasteiger partial charge on any atom is 0.325 e. The van der Waals surface area contributed by atoms with Crippen molar-refractivity contribution in [2.24, 2.45) is 5.73 Å². The van der Waals surface area contributed by atoms with Crippen molar-refractivity contribution in [3.05, 3.63) is 12.3 Å². The van der Waals surface area contributed by atoms with Crippen molar-refractivity contribution in [1.82, 2.24) is 10.2 Å². The molecule has 2 aliphatic heterocycles. The Labute approximate surface area is 191 Å². The zero-order chi connectivity index (χ0) is 23.6. The first-order valence-corrected chi connectivity index (χ1v) is 12.1. The normalized spacial score (nSPS) is 30.0. The van der Waals surface area contributed by atoms with Gasteiger partial charge in [-0.05, 0) is 12.5 Å². The minimum atomic E-state index is -1.61. The van der Waals surface area contributed by atoms with Gasteiger partial charge in [-0.15, -0.1) is 0 Å². The number of carbonyl (C=O) groups is 2. The number of Topliss-reactive ketones (excluding diaryl/α,β-unsaturated/α-hetero) is 1. The summed E-state index contributed by atoms with van der Waals surface area (Å²) in [5, 5.41) is 31.6. The molecule has 0 aromatic rings. The molecule has 0 spiro atoms. The Bertz CT molecular complexity index is 631. The molecule has 2 amide bonds. The number of nitrogens with zero attached hydrogens (tertiary/aromatic N) is 1. The monoisotopic (exact) mass is 455 g/mol. The predicted octanol–water partition coefficient (Wildman–Crippen LogP) is 1.89. The summed E-state index contributed by atoms with van der Waals surface area (Å²) in [6, 6.07) is -0.711. The molecule has 9 heteroatoms. The number of aliphatic hydroxyl groups excluding tert-OH is 3. The van der Waals surface area contributed by atoms with Crippen molar-refractivity contribution in [3.63, 3.8) is 0 Å². The zero-order valence-corrected chi connectivity index (χ0v) is 19.2. The molecule has 0 aromatic heterocycles. The average Bonchev–Trinajstić information content (AvgIpc) is 3.05. The molecular weight excluding hydrogens is 414 g/mol. The van der Waals surface area contributed by atoms with Crippen molar-refractivity contribution in [2.45, 2.75) is 114 Å². The number of aliphatic hydroxyl groups is 3. The molecule has 9 nitrogen and oxygen atoms in total. The van der Waals surface area contributed by atoms with Crippen LogP contribution in [0.15, 0.2) is 12.3 Å². The molecule has 2 rings (SSSR count). The van der Waals surface area contributed by atoms with Crippen molar-refractivity contribution in [3.8, 4) is 0 Å². The third-order valence-electron chi connectivity index (χ3n) is 6.31. The number of carbonyl (C=O) groups excluding carboxylic acids is 2. The molecular formula is C23H41N3O6. The molecule has 1 unspecified atom stereocenters. The molecule has 1 fully saturated rings. The van der Waals surface area contributed by atoms with E-state index in [-0.39, 0.29) is 12.2 Å². The van der Waals surface area contributed by atoms with Gasteiger partial charge in [-0.2, -0.15) is 0 Å². The molecule has 2 heterocycles. The van der Waals surface area contributed by atoms with Gasteiger partial charge in [0, 0.05) is 12.6 Å². The first-order chi connectivity index (χ1) is 15.3. The highest BCUT2D eigenvalue weighted by atomic mass is 16.6. The molecule has 0 saturated carbocycles. The lowest BCUT2D eigenvalue weighted by Gasteiger charge is -2.36. The van der Waals surface area contributed by atoms with Gasteiger partial charge in [-0.3, -0.25) is 15.4 Å². The van der Waals surface area contributed by atoms with Gasteiger partial charge in [0.25, 0.3) is 0 Å². The first-order valence-electron chi connectivity index (χ1n) is 12.1. The number of nitrogens with two attached hydrogens (primary N) is 1. The van der Waals surface area contributed by atoms with Crippen LogP contribution >= 0.6 is 0 Å². The van der Waals surface area contributed by atoms with E-state index in [9.17, 15) is 24.9 Å². The number of nitrogens with one attached hydrogen (secondary N) is 1. The highest BCUT2D eigenvalue weighted by molar-refractivity contribution is 5.95. The smallest absolute Gasteiger partial charge is 0.325 e. The number of amides is 2. The van der Waals surface area contributed by atoms with E-state index >= 15 is 0 Å². The average molecular weight is 456 g/mol. The topological polar surface area (TPSA) is 145 Å². The molecule has 1 saturated heterocycles. The van der Waals surface area contributed by atoms with Gasteiger partial charge < -0.3 is 25.4 Å². The molecule has 5 atom stereocenters. The Balaban J connectivity index is 1.69. The Kier molecular flexibility index (Phi) is 11.1. The fourth-order valence-corrected chi connectivity index (χ4v) is 4.18. The molecule has 32 heavy (non-hydrogen) atoms. The Morgan fingerprint density at radius 1 is 1.06 bits per heavy atom. The lowest BCUT2D eigenvalue weighted by molar-refractivity contribution is -0.124. The Morgan fingerprint density at radius 2 is 1.62 bits per heavy atom. The van der Waals surface area contributed by atoms with Crippen LogP contribution in [0.25, 0.3) is 0 Å². The Hall–Kier alpha value is -1.52. The maximum absolute atomic E-state index is 12.6. The molecule has 0 aromatic carbocycles. The summed E-state index contributed by atoms with van der Waals surface area (Å²) >= 11 is 0. The van der Waals surface area contributed by atoms with E-state index in [1.807, 2.05) is 0 Å². The number of ketones is 1. The molecule has 0 aliphatic carbocycles. The van der Waals surface area contributed by atoms with Crippen LogP contribution in [0.1, 0.15) is 84.0 Å². The molecule has 6 N–H and O–H groups in total. The minimum absolute atomic E-state index is 0.270. The van der Waals surface area contributed by atoms with E-state index in [0.717, 1.165) is 24.2 Å². The molecule has 0 radical (unpaired) electrons. The SMILES string of the molecule is CCCCCCCCCCCCCC(=O)C1(N)C=CN([C@@H]2O[C@H](CO)[C@@H](O)[C@H]2O)C(=O)N1. The van der Waals surface area contributed by atoms with Crippen molar-refractivity contribution >= 4 is 11.8 Å². The fraction of sp³-hybridized carbons (Fsp3) is 0.826. The van der Waals surface area contributed by atoms with E-state index in [1.165, 1.54) is 63.6 Å². The summed E-state index contributed by atoms with van der Waals surface area (Å²) in [6.07, 6.45) is 11.0. The van der Waals surface area contributed by atoms with Crippen LogP contribution in [-0.2, 0) is 9.53 Å². The van der Waals surface area contributed by atoms with Crippen molar-refractivity contribution < 1.29 is 29.6 Å². The van der Waals surface area contributed by atoms with Gasteiger partial charge in [0.05, 0.1) is 6.61 Å². The zero-order valence-electron chi connectivity index (χ0n) is 19.2. The standard InChI is InChI=1S/C23H41N3O6/c1-2-3-4-5-6-7-8-9-10-11-12-13-18(28)23(24)14-15-26(22(31)25-23)21-20(30)19(29)17(16-27)32-21/h14-15,17,19-21,27,29-30H,2-13,16,24H2,1H3,(H,25,31)/t17-,19-,20-,21-,23?/m1/s1. The van der Waals surface area contributed by atoms with E-state index in [1.54, 1.807) is 0 Å². The van der Waals surface area contributed by atoms with Crippen LogP contribution in [0.4, 0.5) is 4.79 Å². The van der Waals surface area contributed by atoms with Gasteiger partial charge >= 0.3 is 6.03 Å². The van der Waals surface area contributed by atoms with Crippen LogP contribution in [0.5, 0.6) is 0 Å². The van der Waals surface area contributed by atoms with E-state index < -0.39 is 42.8 Å². The maximum atomic E-state index is 12.6. The summed E-state index contributed by atoms with van der Waals surface area (Å²) in [4.78, 5) is 26.1. The third-order valence-corrected chi connectivity index (χ3v) is 6.31. The lowest BCUT2D eigenvalue weighted by atomic mass is 9.98. The summed E-state index contributed by atoms with van der Waals surface area (Å²) in [7, 11) is 0. The molecule has 2 aliphatic rings. The largest absolute Gasteiger partial charge is 0.394 e. The van der Waals surface area contributed by atoms with Gasteiger partial charge in [0.15, 0.2) is 17.7 Å². The van der Waals surface area contributed by atoms with E-state index in [4.69, 9.17) is 10.5 Å². The second-order valence-corrected chi connectivity index (χ2v) is 8.96. The number of rotatable bonds is 15. The summed E-state index contributed by atoms with van der Waals surface area (Å²) < 4.78 is 5.36. The number of ether oxygens (including phenoxy) is 1. The third kappa shape index (κ3) is 7.25. The van der Waals surface area contributed by atoms with E-state index in [2.05, 4.69) is 12.2 Å². The summed E-state index contributed by atoms with van der Waals surface area (Å²) in [5.41, 5.74) is 4.51. The van der Waals surface area contributed by atoms with Crippen LogP contribution in [0.3, 0.4) is 0 Å². The van der Waals surface area contributed by atoms with Crippen molar-refractivity contribution in [2.75, 3.05) is 6.61 Å². The van der Waals surface area contributed by atoms with Crippen molar-refractivity contribution in [1.29, 1.82) is 0 Å². The second kappa shape index (κ2) is 13.3. The second-order valence-electron chi connectivity index (χ2n) is 8.96. The van der Waals surface area contributed by atoms with Crippen LogP contribution in [-0.4, -0.2) is 68.8 Å². The quantitative estimate of drug-likeness (QED) is 0.237. The first kappa shape index (κ1) is 26.7. The highest BCUT2D eigenvalue weighted by Gasteiger charge is 2.48. The highest BCUT2D eigenvalue weighted by Crippen LogP contribution is 2.26. The van der Waals surface area contributed by atoms with E-state index in [0.29, 0.717) is 0 Å². The van der Waals surface area contributed by atoms with Gasteiger partial charge in [0.1, 0.15) is 18.3 Å². The molecule has 184 valence electrons. The van der Waals surface area contributed by atoms with Crippen LogP contribution < -0.4 is 11.1 Å². The Morgan fingerprint density at radius 3 is 2.12 bits per heavy atom. The number of urea groups is 1. The fourth-order valence-electron chi connectivity index (χ4n) is 4.18. The minimum Gasteiger partial charge on any atom is -0.394 e. The number of hydrogen-bond acceptors (Lipinski definition) is 7.